The number of rotatable bonds is 5. The molecule has 1 aliphatic rings. The van der Waals surface area contributed by atoms with E-state index in [-0.39, 0.29) is 12.0 Å². The molecule has 6 nitrogen and oxygen atoms in total. The molecule has 1 amide bonds. The Morgan fingerprint density at radius 1 is 1.33 bits per heavy atom. The van der Waals surface area contributed by atoms with E-state index in [1.165, 1.54) is 0 Å². The van der Waals surface area contributed by atoms with Crippen molar-refractivity contribution in [1.82, 2.24) is 4.98 Å². The lowest BCUT2D eigenvalue weighted by Gasteiger charge is -2.12. The number of anilines is 2. The third-order valence-corrected chi connectivity index (χ3v) is 3.80. The number of amides is 1. The molecule has 1 atom stereocenters. The molecule has 0 saturated carbocycles. The Morgan fingerprint density at radius 2 is 2.25 bits per heavy atom. The van der Waals surface area contributed by atoms with Crippen LogP contribution < -0.4 is 10.6 Å². The molecule has 1 saturated heterocycles. The molecule has 0 radical (unpaired) electrons. The minimum atomic E-state index is -0.309. The molecule has 1 unspecified atom stereocenters. The van der Waals surface area contributed by atoms with Gasteiger partial charge in [0.1, 0.15) is 5.69 Å². The lowest BCUT2D eigenvalue weighted by Crippen LogP contribution is -2.19. The molecule has 1 aromatic carbocycles. The van der Waals surface area contributed by atoms with Gasteiger partial charge < -0.3 is 15.4 Å². The summed E-state index contributed by atoms with van der Waals surface area (Å²) >= 11 is 0. The van der Waals surface area contributed by atoms with E-state index in [0.717, 1.165) is 31.7 Å². The van der Waals surface area contributed by atoms with Crippen LogP contribution in [0.1, 0.15) is 28.9 Å². The number of aromatic nitrogens is 1. The van der Waals surface area contributed by atoms with E-state index in [2.05, 4.69) is 15.6 Å². The fourth-order valence-electron chi connectivity index (χ4n) is 2.53. The van der Waals surface area contributed by atoms with E-state index in [4.69, 9.17) is 10.00 Å². The first-order valence-electron chi connectivity index (χ1n) is 7.87. The molecule has 0 aliphatic carbocycles. The highest BCUT2D eigenvalue weighted by Crippen LogP contribution is 2.15. The molecule has 1 aliphatic heterocycles. The molecule has 122 valence electrons. The number of pyridine rings is 1. The first kappa shape index (κ1) is 16.0. The van der Waals surface area contributed by atoms with E-state index in [9.17, 15) is 4.79 Å². The minimum Gasteiger partial charge on any atom is -0.381 e. The second-order valence-electron chi connectivity index (χ2n) is 5.59. The van der Waals surface area contributed by atoms with E-state index in [1.807, 2.05) is 12.1 Å². The highest BCUT2D eigenvalue weighted by molar-refractivity contribution is 6.03. The predicted molar refractivity (Wildman–Crippen MR) is 90.8 cm³/mol. The molecule has 2 aromatic rings. The largest absolute Gasteiger partial charge is 0.381 e. The summed E-state index contributed by atoms with van der Waals surface area (Å²) in [5, 5.41) is 14.9. The lowest BCUT2D eigenvalue weighted by molar-refractivity contribution is 0.102. The van der Waals surface area contributed by atoms with E-state index in [1.54, 1.807) is 36.5 Å². The fourth-order valence-corrected chi connectivity index (χ4v) is 2.53. The zero-order valence-corrected chi connectivity index (χ0v) is 13.2. The van der Waals surface area contributed by atoms with Gasteiger partial charge >= 0.3 is 0 Å². The summed E-state index contributed by atoms with van der Waals surface area (Å²) in [5.41, 5.74) is 2.24. The van der Waals surface area contributed by atoms with Gasteiger partial charge in [0.15, 0.2) is 0 Å². The Morgan fingerprint density at radius 3 is 2.96 bits per heavy atom. The molecule has 2 N–H and O–H groups in total. The number of nitrogens with zero attached hydrogens (tertiary/aromatic N) is 2. The van der Waals surface area contributed by atoms with Crippen molar-refractivity contribution in [2.75, 3.05) is 23.8 Å². The molecular weight excluding hydrogens is 304 g/mol. The zero-order chi connectivity index (χ0) is 16.8. The van der Waals surface area contributed by atoms with Gasteiger partial charge in [0.25, 0.3) is 5.91 Å². The fraction of sp³-hybridized carbons (Fsp3) is 0.278. The van der Waals surface area contributed by atoms with Crippen LogP contribution in [0.15, 0.2) is 42.6 Å². The van der Waals surface area contributed by atoms with Gasteiger partial charge in [0.2, 0.25) is 0 Å². The quantitative estimate of drug-likeness (QED) is 0.884. The molecule has 24 heavy (non-hydrogen) atoms. The van der Waals surface area contributed by atoms with Crippen molar-refractivity contribution < 1.29 is 9.53 Å². The molecule has 2 heterocycles. The van der Waals surface area contributed by atoms with Gasteiger partial charge in [0, 0.05) is 18.8 Å². The van der Waals surface area contributed by atoms with Crippen LogP contribution >= 0.6 is 0 Å². The van der Waals surface area contributed by atoms with Gasteiger partial charge in [-0.05, 0) is 43.2 Å². The molecule has 0 spiro atoms. The maximum Gasteiger partial charge on any atom is 0.274 e. The third-order valence-electron chi connectivity index (χ3n) is 3.80. The van der Waals surface area contributed by atoms with Crippen LogP contribution in [0.25, 0.3) is 0 Å². The maximum absolute atomic E-state index is 12.2. The van der Waals surface area contributed by atoms with Gasteiger partial charge in [-0.2, -0.15) is 5.26 Å². The topological polar surface area (TPSA) is 87.0 Å². The second kappa shape index (κ2) is 7.57. The van der Waals surface area contributed by atoms with Crippen LogP contribution in [0, 0.1) is 11.3 Å². The Bertz CT molecular complexity index is 746. The zero-order valence-electron chi connectivity index (χ0n) is 13.2. The Labute approximate surface area is 140 Å². The minimum absolute atomic E-state index is 0.250. The second-order valence-corrected chi connectivity index (χ2v) is 5.59. The Balaban J connectivity index is 1.57. The molecule has 0 bridgehead atoms. The van der Waals surface area contributed by atoms with E-state index in [0.29, 0.717) is 16.9 Å². The van der Waals surface area contributed by atoms with Crippen molar-refractivity contribution in [2.24, 2.45) is 0 Å². The van der Waals surface area contributed by atoms with Crippen molar-refractivity contribution in [2.45, 2.75) is 18.9 Å². The van der Waals surface area contributed by atoms with Gasteiger partial charge in [-0.3, -0.25) is 4.79 Å². The summed E-state index contributed by atoms with van der Waals surface area (Å²) in [4.78, 5) is 16.4. The number of nitrogens with one attached hydrogen (secondary N) is 2. The number of carbonyl (C=O) groups excluding carboxylic acids is 1. The van der Waals surface area contributed by atoms with Crippen LogP contribution in [-0.2, 0) is 4.74 Å². The predicted octanol–water partition coefficient (Wildman–Crippen LogP) is 2.80. The van der Waals surface area contributed by atoms with Crippen LogP contribution in [-0.4, -0.2) is 30.1 Å². The number of carbonyl (C=O) groups is 1. The summed E-state index contributed by atoms with van der Waals surface area (Å²) < 4.78 is 5.55. The normalized spacial score (nSPS) is 16.4. The first-order valence-corrected chi connectivity index (χ1v) is 7.87. The average molecular weight is 322 g/mol. The van der Waals surface area contributed by atoms with Gasteiger partial charge in [-0.15, -0.1) is 0 Å². The van der Waals surface area contributed by atoms with Crippen LogP contribution in [0.4, 0.5) is 11.4 Å². The number of ether oxygens (including phenoxy) is 1. The highest BCUT2D eigenvalue weighted by Gasteiger charge is 2.15. The summed E-state index contributed by atoms with van der Waals surface area (Å²) in [5.74, 6) is -0.309. The molecule has 3 rings (SSSR count). The van der Waals surface area contributed by atoms with E-state index >= 15 is 0 Å². The van der Waals surface area contributed by atoms with Crippen molar-refractivity contribution in [1.29, 1.82) is 5.26 Å². The van der Waals surface area contributed by atoms with Gasteiger partial charge in [0.05, 0.1) is 29.6 Å². The van der Waals surface area contributed by atoms with E-state index < -0.39 is 0 Å². The third kappa shape index (κ3) is 4.09. The summed E-state index contributed by atoms with van der Waals surface area (Å²) in [6.07, 6.45) is 4.06. The van der Waals surface area contributed by atoms with Crippen LogP contribution in [0.5, 0.6) is 0 Å². The van der Waals surface area contributed by atoms with Crippen molar-refractivity contribution in [3.8, 4) is 6.07 Å². The summed E-state index contributed by atoms with van der Waals surface area (Å²) in [6, 6.07) is 12.3. The smallest absolute Gasteiger partial charge is 0.274 e. The van der Waals surface area contributed by atoms with Crippen LogP contribution in [0.2, 0.25) is 0 Å². The number of benzene rings is 1. The number of hydrogen-bond donors (Lipinski definition) is 2. The summed E-state index contributed by atoms with van der Waals surface area (Å²) in [6.45, 7) is 1.57. The molecule has 1 fully saturated rings. The molecular formula is C18H18N4O2. The van der Waals surface area contributed by atoms with Gasteiger partial charge in [-0.25, -0.2) is 4.98 Å². The Hall–Kier alpha value is -2.91. The first-order chi connectivity index (χ1) is 11.7. The lowest BCUT2D eigenvalue weighted by atomic mass is 10.2. The number of hydrogen-bond acceptors (Lipinski definition) is 5. The van der Waals surface area contributed by atoms with Crippen LogP contribution in [0.3, 0.4) is 0 Å². The standard InChI is InChI=1S/C18H18N4O2/c19-10-13-3-1-4-14(9-13)22-18(23)17-7-6-15(11-21-17)20-12-16-5-2-8-24-16/h1,3-4,6-7,9,11,16,20H,2,5,8,12H2,(H,22,23). The van der Waals surface area contributed by atoms with Crippen molar-refractivity contribution >= 4 is 17.3 Å². The monoisotopic (exact) mass is 322 g/mol. The van der Waals surface area contributed by atoms with Crippen molar-refractivity contribution in [3.05, 3.63) is 53.9 Å². The van der Waals surface area contributed by atoms with Crippen molar-refractivity contribution in [3.63, 3.8) is 0 Å². The molecule has 1 aromatic heterocycles. The average Bonchev–Trinajstić information content (AvgIpc) is 3.14. The summed E-state index contributed by atoms with van der Waals surface area (Å²) in [7, 11) is 0. The SMILES string of the molecule is N#Cc1cccc(NC(=O)c2ccc(NCC3CCCO3)cn2)c1. The van der Waals surface area contributed by atoms with Gasteiger partial charge in [-0.1, -0.05) is 6.07 Å². The number of nitriles is 1. The molecule has 6 heteroatoms. The maximum atomic E-state index is 12.2. The Kier molecular flexibility index (Phi) is 5.04. The highest BCUT2D eigenvalue weighted by atomic mass is 16.5.